The fourth-order valence-corrected chi connectivity index (χ4v) is 2.75. The summed E-state index contributed by atoms with van der Waals surface area (Å²) < 4.78 is 11.1. The summed E-state index contributed by atoms with van der Waals surface area (Å²) in [5, 5.41) is 3.45. The molecule has 1 heterocycles. The van der Waals surface area contributed by atoms with E-state index in [1.165, 1.54) is 5.56 Å². The minimum Gasteiger partial charge on any atom is -0.491 e. The van der Waals surface area contributed by atoms with Crippen LogP contribution in [-0.4, -0.2) is 26.4 Å². The molecule has 0 bridgehead atoms. The number of hydrogen-bond donors (Lipinski definition) is 1. The lowest BCUT2D eigenvalue weighted by Crippen LogP contribution is -2.29. The zero-order valence-electron chi connectivity index (χ0n) is 12.2. The van der Waals surface area contributed by atoms with E-state index in [0.29, 0.717) is 12.0 Å². The zero-order chi connectivity index (χ0) is 13.7. The smallest absolute Gasteiger partial charge is 0.119 e. The molecule has 1 saturated heterocycles. The number of hydrogen-bond acceptors (Lipinski definition) is 3. The van der Waals surface area contributed by atoms with E-state index in [-0.39, 0.29) is 6.10 Å². The summed E-state index contributed by atoms with van der Waals surface area (Å²) in [6, 6.07) is 8.90. The van der Waals surface area contributed by atoms with E-state index in [9.17, 15) is 0 Å². The van der Waals surface area contributed by atoms with Gasteiger partial charge in [0.15, 0.2) is 0 Å². The molecule has 1 unspecified atom stereocenters. The van der Waals surface area contributed by atoms with Crippen LogP contribution in [0.2, 0.25) is 0 Å². The standard InChI is InChI=1S/C16H25NO2/c1-12(2)19-15-6-4-13(5-7-15)16(17-3)14-8-10-18-11-9-14/h4-7,12,14,16-17H,8-11H2,1-3H3. The van der Waals surface area contributed by atoms with E-state index in [0.717, 1.165) is 31.8 Å². The van der Waals surface area contributed by atoms with Gasteiger partial charge in [-0.25, -0.2) is 0 Å². The zero-order valence-corrected chi connectivity index (χ0v) is 12.2. The Labute approximate surface area is 116 Å². The summed E-state index contributed by atoms with van der Waals surface area (Å²) in [6.45, 7) is 5.87. The van der Waals surface area contributed by atoms with E-state index in [1.54, 1.807) is 0 Å². The summed E-state index contributed by atoms with van der Waals surface area (Å²) in [7, 11) is 2.04. The van der Waals surface area contributed by atoms with E-state index >= 15 is 0 Å². The molecule has 1 aromatic rings. The lowest BCUT2D eigenvalue weighted by molar-refractivity contribution is 0.0546. The van der Waals surface area contributed by atoms with Gasteiger partial charge in [-0.15, -0.1) is 0 Å². The Bertz CT molecular complexity index is 369. The fourth-order valence-electron chi connectivity index (χ4n) is 2.75. The van der Waals surface area contributed by atoms with Gasteiger partial charge >= 0.3 is 0 Å². The maximum atomic E-state index is 5.69. The highest BCUT2D eigenvalue weighted by Gasteiger charge is 2.24. The van der Waals surface area contributed by atoms with Crippen LogP contribution in [0.25, 0.3) is 0 Å². The minimum absolute atomic E-state index is 0.224. The molecule has 3 heteroatoms. The van der Waals surface area contributed by atoms with Gasteiger partial charge < -0.3 is 14.8 Å². The topological polar surface area (TPSA) is 30.5 Å². The van der Waals surface area contributed by atoms with Gasteiger partial charge in [0.1, 0.15) is 5.75 Å². The minimum atomic E-state index is 0.224. The first-order chi connectivity index (χ1) is 9.20. The van der Waals surface area contributed by atoms with Crippen molar-refractivity contribution >= 4 is 0 Å². The van der Waals surface area contributed by atoms with E-state index in [2.05, 4.69) is 29.6 Å². The van der Waals surface area contributed by atoms with Crippen molar-refractivity contribution in [3.8, 4) is 5.75 Å². The van der Waals surface area contributed by atoms with Crippen LogP contribution in [0.5, 0.6) is 5.75 Å². The Morgan fingerprint density at radius 1 is 1.16 bits per heavy atom. The van der Waals surface area contributed by atoms with Crippen molar-refractivity contribution in [3.63, 3.8) is 0 Å². The van der Waals surface area contributed by atoms with Gasteiger partial charge in [-0.2, -0.15) is 0 Å². The first-order valence-electron chi connectivity index (χ1n) is 7.22. The fraction of sp³-hybridized carbons (Fsp3) is 0.625. The Morgan fingerprint density at radius 2 is 1.79 bits per heavy atom. The van der Waals surface area contributed by atoms with Gasteiger partial charge in [-0.05, 0) is 57.4 Å². The molecule has 1 fully saturated rings. The molecule has 0 aliphatic carbocycles. The van der Waals surface area contributed by atoms with Crippen molar-refractivity contribution in [3.05, 3.63) is 29.8 Å². The molecular formula is C16H25NO2. The molecule has 1 aliphatic rings. The second kappa shape index (κ2) is 6.92. The molecule has 0 spiro atoms. The highest BCUT2D eigenvalue weighted by molar-refractivity contribution is 5.29. The third-order valence-corrected chi connectivity index (χ3v) is 3.66. The second-order valence-electron chi connectivity index (χ2n) is 5.45. The van der Waals surface area contributed by atoms with Crippen LogP contribution in [0, 0.1) is 5.92 Å². The lowest BCUT2D eigenvalue weighted by atomic mass is 9.87. The second-order valence-corrected chi connectivity index (χ2v) is 5.45. The Balaban J connectivity index is 2.05. The Kier molecular flexibility index (Phi) is 5.23. The van der Waals surface area contributed by atoms with E-state index < -0.39 is 0 Å². The van der Waals surface area contributed by atoms with Crippen molar-refractivity contribution in [2.45, 2.75) is 38.8 Å². The number of ether oxygens (including phenoxy) is 2. The van der Waals surface area contributed by atoms with Crippen LogP contribution < -0.4 is 10.1 Å². The average molecular weight is 263 g/mol. The van der Waals surface area contributed by atoms with E-state index in [1.807, 2.05) is 20.9 Å². The molecule has 0 radical (unpaired) electrons. The van der Waals surface area contributed by atoms with Crippen molar-refractivity contribution < 1.29 is 9.47 Å². The maximum absolute atomic E-state index is 5.69. The van der Waals surface area contributed by atoms with Gasteiger partial charge in [0.2, 0.25) is 0 Å². The summed E-state index contributed by atoms with van der Waals surface area (Å²) in [5.74, 6) is 1.61. The monoisotopic (exact) mass is 263 g/mol. The predicted octanol–water partition coefficient (Wildman–Crippen LogP) is 3.16. The summed E-state index contributed by atoms with van der Waals surface area (Å²) >= 11 is 0. The third kappa shape index (κ3) is 3.95. The first kappa shape index (κ1) is 14.4. The number of rotatable bonds is 5. The van der Waals surface area contributed by atoms with Gasteiger partial charge in [-0.1, -0.05) is 12.1 Å². The molecule has 1 N–H and O–H groups in total. The summed E-state index contributed by atoms with van der Waals surface area (Å²) in [5.41, 5.74) is 1.34. The quantitative estimate of drug-likeness (QED) is 0.885. The molecule has 0 saturated carbocycles. The van der Waals surface area contributed by atoms with Crippen molar-refractivity contribution in [1.82, 2.24) is 5.32 Å². The van der Waals surface area contributed by atoms with Gasteiger partial charge in [0.05, 0.1) is 6.10 Å². The van der Waals surface area contributed by atoms with Gasteiger partial charge in [0.25, 0.3) is 0 Å². The molecule has 106 valence electrons. The van der Waals surface area contributed by atoms with Crippen LogP contribution in [0.15, 0.2) is 24.3 Å². The highest BCUT2D eigenvalue weighted by Crippen LogP contribution is 2.30. The molecule has 1 aliphatic heterocycles. The largest absolute Gasteiger partial charge is 0.491 e. The van der Waals surface area contributed by atoms with Crippen LogP contribution in [0.1, 0.15) is 38.3 Å². The molecule has 19 heavy (non-hydrogen) atoms. The van der Waals surface area contributed by atoms with Crippen LogP contribution >= 0.6 is 0 Å². The molecule has 1 aromatic carbocycles. The number of benzene rings is 1. The lowest BCUT2D eigenvalue weighted by Gasteiger charge is -2.30. The Morgan fingerprint density at radius 3 is 2.32 bits per heavy atom. The summed E-state index contributed by atoms with van der Waals surface area (Å²) in [6.07, 6.45) is 2.49. The van der Waals surface area contributed by atoms with Crippen molar-refractivity contribution in [2.24, 2.45) is 5.92 Å². The normalized spacial score (nSPS) is 18.5. The molecule has 3 nitrogen and oxygen atoms in total. The highest BCUT2D eigenvalue weighted by atomic mass is 16.5. The summed E-state index contributed by atoms with van der Waals surface area (Å²) in [4.78, 5) is 0. The Hall–Kier alpha value is -1.06. The van der Waals surface area contributed by atoms with Crippen LogP contribution in [-0.2, 0) is 4.74 Å². The predicted molar refractivity (Wildman–Crippen MR) is 77.5 cm³/mol. The van der Waals surface area contributed by atoms with Crippen LogP contribution in [0.4, 0.5) is 0 Å². The maximum Gasteiger partial charge on any atom is 0.119 e. The molecule has 1 atom stereocenters. The van der Waals surface area contributed by atoms with Crippen molar-refractivity contribution in [1.29, 1.82) is 0 Å². The molecular weight excluding hydrogens is 238 g/mol. The third-order valence-electron chi connectivity index (χ3n) is 3.66. The number of nitrogens with one attached hydrogen (secondary N) is 1. The van der Waals surface area contributed by atoms with Gasteiger partial charge in [0, 0.05) is 19.3 Å². The van der Waals surface area contributed by atoms with E-state index in [4.69, 9.17) is 9.47 Å². The molecule has 2 rings (SSSR count). The van der Waals surface area contributed by atoms with Crippen molar-refractivity contribution in [2.75, 3.05) is 20.3 Å². The first-order valence-corrected chi connectivity index (χ1v) is 7.22. The van der Waals surface area contributed by atoms with Crippen LogP contribution in [0.3, 0.4) is 0 Å². The van der Waals surface area contributed by atoms with Gasteiger partial charge in [-0.3, -0.25) is 0 Å². The average Bonchev–Trinajstić information content (AvgIpc) is 2.42. The SMILES string of the molecule is CNC(c1ccc(OC(C)C)cc1)C1CCOCC1. The molecule has 0 aromatic heterocycles. The molecule has 0 amide bonds.